The van der Waals surface area contributed by atoms with E-state index in [2.05, 4.69) is 0 Å². The Bertz CT molecular complexity index is 414. The highest BCUT2D eigenvalue weighted by Crippen LogP contribution is 2.22. The Morgan fingerprint density at radius 1 is 1.35 bits per heavy atom. The minimum absolute atomic E-state index is 0.0333. The van der Waals surface area contributed by atoms with Crippen molar-refractivity contribution < 1.29 is 9.90 Å². The van der Waals surface area contributed by atoms with Crippen LogP contribution in [0.25, 0.3) is 0 Å². The third kappa shape index (κ3) is 2.20. The van der Waals surface area contributed by atoms with E-state index >= 15 is 0 Å². The van der Waals surface area contributed by atoms with Gasteiger partial charge in [-0.3, -0.25) is 4.79 Å². The highest BCUT2D eigenvalue weighted by atomic mass is 16.3. The second-order valence-corrected chi connectivity index (χ2v) is 4.90. The van der Waals surface area contributed by atoms with Crippen LogP contribution in [0.4, 0.5) is 0 Å². The number of nitrogens with zero attached hydrogens (tertiary/aromatic N) is 1. The number of fused-ring (bicyclic) bond motifs is 1. The van der Waals surface area contributed by atoms with E-state index in [9.17, 15) is 9.90 Å². The molecule has 0 saturated carbocycles. The van der Waals surface area contributed by atoms with Gasteiger partial charge in [-0.15, -0.1) is 0 Å². The van der Waals surface area contributed by atoms with Crippen LogP contribution in [-0.4, -0.2) is 35.1 Å². The maximum atomic E-state index is 12.3. The number of hydrogen-bond acceptors (Lipinski definition) is 2. The van der Waals surface area contributed by atoms with Gasteiger partial charge in [-0.05, 0) is 24.0 Å². The van der Waals surface area contributed by atoms with Crippen molar-refractivity contribution in [2.24, 2.45) is 5.92 Å². The lowest BCUT2D eigenvalue weighted by Crippen LogP contribution is -2.48. The molecule has 0 fully saturated rings. The summed E-state index contributed by atoms with van der Waals surface area (Å²) in [6.45, 7) is 4.81. The third-order valence-electron chi connectivity index (χ3n) is 3.49. The van der Waals surface area contributed by atoms with Crippen molar-refractivity contribution >= 4 is 5.91 Å². The topological polar surface area (TPSA) is 40.5 Å². The van der Waals surface area contributed by atoms with Gasteiger partial charge in [-0.1, -0.05) is 32.0 Å². The first-order chi connectivity index (χ1) is 8.15. The van der Waals surface area contributed by atoms with Crippen LogP contribution in [0, 0.1) is 5.92 Å². The largest absolute Gasteiger partial charge is 0.394 e. The molecular weight excluding hydrogens is 214 g/mol. The molecule has 1 unspecified atom stereocenters. The summed E-state index contributed by atoms with van der Waals surface area (Å²) >= 11 is 0. The van der Waals surface area contributed by atoms with Crippen molar-refractivity contribution in [3.05, 3.63) is 35.4 Å². The molecule has 1 aliphatic heterocycles. The monoisotopic (exact) mass is 233 g/mol. The van der Waals surface area contributed by atoms with Crippen LogP contribution in [0.3, 0.4) is 0 Å². The predicted octanol–water partition coefficient (Wildman–Crippen LogP) is 1.70. The zero-order chi connectivity index (χ0) is 12.4. The Balaban J connectivity index is 2.28. The Hall–Kier alpha value is -1.35. The van der Waals surface area contributed by atoms with Gasteiger partial charge >= 0.3 is 0 Å². The highest BCUT2D eigenvalue weighted by Gasteiger charge is 2.30. The predicted molar refractivity (Wildman–Crippen MR) is 66.9 cm³/mol. The quantitative estimate of drug-likeness (QED) is 0.863. The Kier molecular flexibility index (Phi) is 3.48. The van der Waals surface area contributed by atoms with E-state index in [1.165, 1.54) is 0 Å². The standard InChI is InChI=1S/C14H19NO2/c1-10(2)13(9-16)15-8-7-11-5-3-4-6-12(11)14(15)17/h3-6,10,13,16H,7-9H2,1-2H3. The Morgan fingerprint density at radius 3 is 2.71 bits per heavy atom. The highest BCUT2D eigenvalue weighted by molar-refractivity contribution is 5.96. The maximum absolute atomic E-state index is 12.3. The molecule has 0 aromatic heterocycles. The first-order valence-corrected chi connectivity index (χ1v) is 6.15. The molecule has 1 aromatic carbocycles. The number of carbonyl (C=O) groups excluding carboxylic acids is 1. The minimum Gasteiger partial charge on any atom is -0.394 e. The molecule has 0 aliphatic carbocycles. The number of rotatable bonds is 3. The van der Waals surface area contributed by atoms with Gasteiger partial charge in [0.1, 0.15) is 0 Å². The summed E-state index contributed by atoms with van der Waals surface area (Å²) in [6, 6.07) is 7.67. The maximum Gasteiger partial charge on any atom is 0.254 e. The number of carbonyl (C=O) groups is 1. The van der Waals surface area contributed by atoms with E-state index in [1.54, 1.807) is 0 Å². The van der Waals surface area contributed by atoms with Gasteiger partial charge in [0.25, 0.3) is 5.91 Å². The van der Waals surface area contributed by atoms with Crippen LogP contribution in [0.5, 0.6) is 0 Å². The van der Waals surface area contributed by atoms with E-state index in [1.807, 2.05) is 43.0 Å². The van der Waals surface area contributed by atoms with Crippen molar-refractivity contribution in [3.8, 4) is 0 Å². The summed E-state index contributed by atoms with van der Waals surface area (Å²) in [5.41, 5.74) is 1.91. The molecule has 3 nitrogen and oxygen atoms in total. The summed E-state index contributed by atoms with van der Waals surface area (Å²) in [5.74, 6) is 0.328. The lowest BCUT2D eigenvalue weighted by molar-refractivity contribution is 0.0487. The van der Waals surface area contributed by atoms with E-state index in [-0.39, 0.29) is 24.5 Å². The molecule has 1 atom stereocenters. The van der Waals surface area contributed by atoms with Crippen molar-refractivity contribution in [3.63, 3.8) is 0 Å². The van der Waals surface area contributed by atoms with Gasteiger partial charge in [-0.25, -0.2) is 0 Å². The number of hydrogen-bond donors (Lipinski definition) is 1. The average molecular weight is 233 g/mol. The van der Waals surface area contributed by atoms with Gasteiger partial charge < -0.3 is 10.0 Å². The molecule has 1 aliphatic rings. The molecule has 0 saturated heterocycles. The molecule has 1 heterocycles. The third-order valence-corrected chi connectivity index (χ3v) is 3.49. The molecule has 0 radical (unpaired) electrons. The van der Waals surface area contributed by atoms with Gasteiger partial charge in [-0.2, -0.15) is 0 Å². The molecule has 1 amide bonds. The van der Waals surface area contributed by atoms with Crippen LogP contribution in [0.2, 0.25) is 0 Å². The molecule has 1 aromatic rings. The van der Waals surface area contributed by atoms with Gasteiger partial charge in [0.15, 0.2) is 0 Å². The fourth-order valence-electron chi connectivity index (χ4n) is 2.43. The first kappa shape index (κ1) is 12.1. The lowest BCUT2D eigenvalue weighted by Gasteiger charge is -2.36. The first-order valence-electron chi connectivity index (χ1n) is 6.15. The van der Waals surface area contributed by atoms with E-state index in [4.69, 9.17) is 0 Å². The minimum atomic E-state index is -0.0733. The number of amides is 1. The van der Waals surface area contributed by atoms with Crippen molar-refractivity contribution in [1.82, 2.24) is 4.90 Å². The Morgan fingerprint density at radius 2 is 2.06 bits per heavy atom. The number of aliphatic hydroxyl groups is 1. The van der Waals surface area contributed by atoms with E-state index in [0.717, 1.165) is 17.5 Å². The van der Waals surface area contributed by atoms with Gasteiger partial charge in [0.05, 0.1) is 12.6 Å². The van der Waals surface area contributed by atoms with Crippen molar-refractivity contribution in [2.75, 3.05) is 13.2 Å². The van der Waals surface area contributed by atoms with E-state index < -0.39 is 0 Å². The molecule has 17 heavy (non-hydrogen) atoms. The fraction of sp³-hybridized carbons (Fsp3) is 0.500. The fourth-order valence-corrected chi connectivity index (χ4v) is 2.43. The Labute approximate surface area is 102 Å². The SMILES string of the molecule is CC(C)C(CO)N1CCc2ccccc2C1=O. The number of benzene rings is 1. The van der Waals surface area contributed by atoms with Gasteiger partial charge in [0, 0.05) is 12.1 Å². The van der Waals surface area contributed by atoms with E-state index in [0.29, 0.717) is 6.54 Å². The smallest absolute Gasteiger partial charge is 0.254 e. The molecule has 0 bridgehead atoms. The summed E-state index contributed by atoms with van der Waals surface area (Å²) in [7, 11) is 0. The molecule has 92 valence electrons. The number of aliphatic hydroxyl groups excluding tert-OH is 1. The molecule has 1 N–H and O–H groups in total. The molecule has 3 heteroatoms. The van der Waals surface area contributed by atoms with Gasteiger partial charge in [0.2, 0.25) is 0 Å². The molecule has 2 rings (SSSR count). The normalized spacial score (nSPS) is 17.2. The molecular formula is C14H19NO2. The summed E-state index contributed by atoms with van der Waals surface area (Å²) in [6.07, 6.45) is 0.880. The summed E-state index contributed by atoms with van der Waals surface area (Å²) in [5, 5.41) is 9.42. The second-order valence-electron chi connectivity index (χ2n) is 4.90. The average Bonchev–Trinajstić information content (AvgIpc) is 2.33. The van der Waals surface area contributed by atoms with Crippen LogP contribution >= 0.6 is 0 Å². The summed E-state index contributed by atoms with van der Waals surface area (Å²) < 4.78 is 0. The second kappa shape index (κ2) is 4.88. The zero-order valence-electron chi connectivity index (χ0n) is 10.4. The lowest BCUT2D eigenvalue weighted by atomic mass is 9.95. The van der Waals surface area contributed by atoms with Crippen LogP contribution in [0.1, 0.15) is 29.8 Å². The zero-order valence-corrected chi connectivity index (χ0v) is 10.4. The summed E-state index contributed by atoms with van der Waals surface area (Å²) in [4.78, 5) is 14.1. The van der Waals surface area contributed by atoms with Crippen LogP contribution in [0.15, 0.2) is 24.3 Å². The van der Waals surface area contributed by atoms with Crippen LogP contribution in [-0.2, 0) is 6.42 Å². The molecule has 0 spiro atoms. The van der Waals surface area contributed by atoms with Crippen molar-refractivity contribution in [1.29, 1.82) is 0 Å². The van der Waals surface area contributed by atoms with Crippen molar-refractivity contribution in [2.45, 2.75) is 26.3 Å². The van der Waals surface area contributed by atoms with Crippen LogP contribution < -0.4 is 0 Å².